The predicted molar refractivity (Wildman–Crippen MR) is 73.9 cm³/mol. The number of para-hydroxylation sites is 1. The third-order valence-corrected chi connectivity index (χ3v) is 3.50. The second-order valence-corrected chi connectivity index (χ2v) is 4.78. The minimum absolute atomic E-state index is 0.447. The van der Waals surface area contributed by atoms with Gasteiger partial charge in [-0.25, -0.2) is 4.98 Å². The molecule has 1 aromatic carbocycles. The molecule has 1 atom stereocenters. The maximum atomic E-state index is 5.70. The molecule has 0 spiro atoms. The first-order valence-corrected chi connectivity index (χ1v) is 6.31. The average molecular weight is 239 g/mol. The summed E-state index contributed by atoms with van der Waals surface area (Å²) in [5, 5.41) is 0. The highest BCUT2D eigenvalue weighted by Crippen LogP contribution is 2.37. The summed E-state index contributed by atoms with van der Waals surface area (Å²) >= 11 is 0. The highest BCUT2D eigenvalue weighted by Gasteiger charge is 2.27. The minimum atomic E-state index is 0.447. The van der Waals surface area contributed by atoms with E-state index in [4.69, 9.17) is 5.73 Å². The molecular weight excluding hydrogens is 222 g/mol. The molecule has 0 bridgehead atoms. The van der Waals surface area contributed by atoms with Crippen LogP contribution in [0.5, 0.6) is 0 Å². The van der Waals surface area contributed by atoms with Crippen molar-refractivity contribution in [3.05, 3.63) is 53.7 Å². The summed E-state index contributed by atoms with van der Waals surface area (Å²) in [7, 11) is 0. The van der Waals surface area contributed by atoms with Crippen molar-refractivity contribution in [1.29, 1.82) is 0 Å². The fourth-order valence-corrected chi connectivity index (χ4v) is 2.63. The quantitative estimate of drug-likeness (QED) is 0.876. The SMILES string of the molecule is CC1Cc2ccccc2N1c1cc(CN)ccn1. The molecule has 0 saturated carbocycles. The summed E-state index contributed by atoms with van der Waals surface area (Å²) < 4.78 is 0. The van der Waals surface area contributed by atoms with E-state index in [1.165, 1.54) is 11.3 Å². The van der Waals surface area contributed by atoms with Gasteiger partial charge in [-0.3, -0.25) is 0 Å². The number of hydrogen-bond donors (Lipinski definition) is 1. The van der Waals surface area contributed by atoms with Gasteiger partial charge in [0.25, 0.3) is 0 Å². The maximum Gasteiger partial charge on any atom is 0.133 e. The van der Waals surface area contributed by atoms with E-state index in [-0.39, 0.29) is 0 Å². The number of fused-ring (bicyclic) bond motifs is 1. The molecule has 2 aromatic rings. The lowest BCUT2D eigenvalue weighted by molar-refractivity contribution is 0.749. The molecule has 0 amide bonds. The number of hydrogen-bond acceptors (Lipinski definition) is 3. The van der Waals surface area contributed by atoms with Crippen molar-refractivity contribution in [1.82, 2.24) is 4.98 Å². The van der Waals surface area contributed by atoms with Crippen LogP contribution in [0.25, 0.3) is 0 Å². The molecule has 0 fully saturated rings. The molecule has 92 valence electrons. The second-order valence-electron chi connectivity index (χ2n) is 4.78. The Morgan fingerprint density at radius 1 is 1.33 bits per heavy atom. The van der Waals surface area contributed by atoms with Crippen LogP contribution in [-0.4, -0.2) is 11.0 Å². The lowest BCUT2D eigenvalue weighted by atomic mass is 10.1. The van der Waals surface area contributed by atoms with E-state index in [1.807, 2.05) is 12.3 Å². The van der Waals surface area contributed by atoms with Crippen LogP contribution in [0.4, 0.5) is 11.5 Å². The Morgan fingerprint density at radius 2 is 2.17 bits per heavy atom. The van der Waals surface area contributed by atoms with Gasteiger partial charge >= 0.3 is 0 Å². The Morgan fingerprint density at radius 3 is 3.00 bits per heavy atom. The Bertz CT molecular complexity index is 565. The number of nitrogens with zero attached hydrogens (tertiary/aromatic N) is 2. The largest absolute Gasteiger partial charge is 0.326 e. The van der Waals surface area contributed by atoms with Gasteiger partial charge in [-0.05, 0) is 42.7 Å². The van der Waals surface area contributed by atoms with Gasteiger partial charge in [0.05, 0.1) is 0 Å². The van der Waals surface area contributed by atoms with E-state index >= 15 is 0 Å². The van der Waals surface area contributed by atoms with Crippen LogP contribution in [0.15, 0.2) is 42.6 Å². The zero-order chi connectivity index (χ0) is 12.5. The third-order valence-electron chi connectivity index (χ3n) is 3.50. The van der Waals surface area contributed by atoms with Crippen LogP contribution in [0.1, 0.15) is 18.1 Å². The first-order valence-electron chi connectivity index (χ1n) is 6.31. The van der Waals surface area contributed by atoms with Gasteiger partial charge in [0.2, 0.25) is 0 Å². The van der Waals surface area contributed by atoms with Crippen molar-refractivity contribution in [3.63, 3.8) is 0 Å². The molecule has 1 unspecified atom stereocenters. The average Bonchev–Trinajstić information content (AvgIpc) is 2.74. The third kappa shape index (κ3) is 1.77. The summed E-state index contributed by atoms with van der Waals surface area (Å²) in [6.45, 7) is 2.79. The number of aromatic nitrogens is 1. The molecule has 1 aliphatic heterocycles. The van der Waals surface area contributed by atoms with Gasteiger partial charge in [-0.15, -0.1) is 0 Å². The van der Waals surface area contributed by atoms with Crippen LogP contribution < -0.4 is 10.6 Å². The first kappa shape index (κ1) is 11.2. The number of anilines is 2. The van der Waals surface area contributed by atoms with Gasteiger partial charge in [0.1, 0.15) is 5.82 Å². The Kier molecular flexibility index (Phi) is 2.76. The molecule has 2 N–H and O–H groups in total. The number of rotatable bonds is 2. The van der Waals surface area contributed by atoms with Crippen LogP contribution in [0.2, 0.25) is 0 Å². The molecule has 0 radical (unpaired) electrons. The molecule has 0 saturated heterocycles. The number of pyridine rings is 1. The Hall–Kier alpha value is -1.87. The highest BCUT2D eigenvalue weighted by molar-refractivity contribution is 5.68. The molecule has 3 rings (SSSR count). The predicted octanol–water partition coefficient (Wildman–Crippen LogP) is 2.62. The van der Waals surface area contributed by atoms with E-state index in [0.29, 0.717) is 12.6 Å². The maximum absolute atomic E-state index is 5.70. The minimum Gasteiger partial charge on any atom is -0.326 e. The lowest BCUT2D eigenvalue weighted by Crippen LogP contribution is -2.24. The van der Waals surface area contributed by atoms with Crippen molar-refractivity contribution in [2.24, 2.45) is 5.73 Å². The summed E-state index contributed by atoms with van der Waals surface area (Å²) in [5.74, 6) is 0.996. The molecule has 1 aliphatic rings. The Labute approximate surface area is 107 Å². The van der Waals surface area contributed by atoms with E-state index in [1.54, 1.807) is 0 Å². The molecule has 2 heterocycles. The van der Waals surface area contributed by atoms with Crippen LogP contribution in [0.3, 0.4) is 0 Å². The fraction of sp³-hybridized carbons (Fsp3) is 0.267. The van der Waals surface area contributed by atoms with E-state index in [9.17, 15) is 0 Å². The van der Waals surface area contributed by atoms with Crippen molar-refractivity contribution >= 4 is 11.5 Å². The molecular formula is C15H17N3. The number of nitrogens with two attached hydrogens (primary N) is 1. The highest BCUT2D eigenvalue weighted by atomic mass is 15.2. The molecule has 3 heteroatoms. The van der Waals surface area contributed by atoms with Crippen molar-refractivity contribution in [2.45, 2.75) is 25.9 Å². The molecule has 1 aromatic heterocycles. The first-order chi connectivity index (χ1) is 8.79. The zero-order valence-corrected chi connectivity index (χ0v) is 10.5. The second kappa shape index (κ2) is 4.42. The monoisotopic (exact) mass is 239 g/mol. The van der Waals surface area contributed by atoms with Gasteiger partial charge in [-0.2, -0.15) is 0 Å². The van der Waals surface area contributed by atoms with Crippen molar-refractivity contribution in [2.75, 3.05) is 4.90 Å². The van der Waals surface area contributed by atoms with Crippen molar-refractivity contribution < 1.29 is 0 Å². The normalized spacial score (nSPS) is 17.9. The summed E-state index contributed by atoms with van der Waals surface area (Å²) in [6.07, 6.45) is 2.91. The van der Waals surface area contributed by atoms with E-state index in [2.05, 4.69) is 47.1 Å². The van der Waals surface area contributed by atoms with E-state index in [0.717, 1.165) is 17.8 Å². The van der Waals surface area contributed by atoms with E-state index < -0.39 is 0 Å². The topological polar surface area (TPSA) is 42.1 Å². The van der Waals surface area contributed by atoms with Crippen molar-refractivity contribution in [3.8, 4) is 0 Å². The molecule has 3 nitrogen and oxygen atoms in total. The molecule has 0 aliphatic carbocycles. The van der Waals surface area contributed by atoms with Gasteiger partial charge in [-0.1, -0.05) is 18.2 Å². The standard InChI is InChI=1S/C15H17N3/c1-11-8-13-4-2-3-5-14(13)18(11)15-9-12(10-16)6-7-17-15/h2-7,9,11H,8,10,16H2,1H3. The molecule has 18 heavy (non-hydrogen) atoms. The Balaban J connectivity index is 2.06. The summed E-state index contributed by atoms with van der Waals surface area (Å²) in [5.41, 5.74) is 9.49. The van der Waals surface area contributed by atoms with Gasteiger partial charge in [0, 0.05) is 24.5 Å². The van der Waals surface area contributed by atoms with Crippen LogP contribution in [-0.2, 0) is 13.0 Å². The van der Waals surface area contributed by atoms with Crippen LogP contribution in [0, 0.1) is 0 Å². The lowest BCUT2D eigenvalue weighted by Gasteiger charge is -2.24. The zero-order valence-electron chi connectivity index (χ0n) is 10.5. The van der Waals surface area contributed by atoms with Gasteiger partial charge < -0.3 is 10.6 Å². The number of benzene rings is 1. The van der Waals surface area contributed by atoms with Crippen LogP contribution >= 0.6 is 0 Å². The van der Waals surface area contributed by atoms with Gasteiger partial charge in [0.15, 0.2) is 0 Å². The smallest absolute Gasteiger partial charge is 0.133 e. The fourth-order valence-electron chi connectivity index (χ4n) is 2.63. The summed E-state index contributed by atoms with van der Waals surface area (Å²) in [6, 6.07) is 13.0. The summed E-state index contributed by atoms with van der Waals surface area (Å²) in [4.78, 5) is 6.79.